The molecule has 96 valence electrons. The van der Waals surface area contributed by atoms with E-state index in [1.54, 1.807) is 0 Å². The first kappa shape index (κ1) is 14.4. The van der Waals surface area contributed by atoms with Gasteiger partial charge in [-0.3, -0.25) is 0 Å². The molecular formula is C15H12BrIN2. The number of hydrogen-bond donors (Lipinski definition) is 1. The summed E-state index contributed by atoms with van der Waals surface area (Å²) in [5, 5.41) is 12.3. The molecule has 2 aromatic carbocycles. The molecule has 0 amide bonds. The third-order valence-electron chi connectivity index (χ3n) is 2.84. The van der Waals surface area contributed by atoms with Crippen molar-refractivity contribution in [1.29, 1.82) is 5.26 Å². The molecule has 1 N–H and O–H groups in total. The summed E-state index contributed by atoms with van der Waals surface area (Å²) in [6, 6.07) is 16.3. The quantitative estimate of drug-likeness (QED) is 0.693. The van der Waals surface area contributed by atoms with Gasteiger partial charge in [0.25, 0.3) is 0 Å². The Morgan fingerprint density at radius 3 is 2.47 bits per heavy atom. The van der Waals surface area contributed by atoms with E-state index in [1.165, 1.54) is 9.13 Å². The van der Waals surface area contributed by atoms with E-state index in [4.69, 9.17) is 5.26 Å². The van der Waals surface area contributed by atoms with Crippen molar-refractivity contribution in [2.75, 3.05) is 5.32 Å². The van der Waals surface area contributed by atoms with Gasteiger partial charge in [-0.05, 0) is 81.3 Å². The number of nitriles is 1. The molecule has 0 aliphatic rings. The van der Waals surface area contributed by atoms with Gasteiger partial charge in [0.2, 0.25) is 0 Å². The van der Waals surface area contributed by atoms with Crippen molar-refractivity contribution in [3.05, 3.63) is 61.6 Å². The molecule has 0 fully saturated rings. The van der Waals surface area contributed by atoms with Crippen LogP contribution in [0.4, 0.5) is 5.69 Å². The molecule has 0 spiro atoms. The second-order valence-corrected chi connectivity index (χ2v) is 6.32. The van der Waals surface area contributed by atoms with Crippen molar-refractivity contribution >= 4 is 44.2 Å². The van der Waals surface area contributed by atoms with Gasteiger partial charge in [-0.25, -0.2) is 0 Å². The normalized spacial score (nSPS) is 11.7. The fourth-order valence-corrected chi connectivity index (χ4v) is 2.62. The van der Waals surface area contributed by atoms with Crippen LogP contribution in [0, 0.1) is 14.9 Å². The third kappa shape index (κ3) is 3.71. The molecule has 0 radical (unpaired) electrons. The lowest BCUT2D eigenvalue weighted by molar-refractivity contribution is 0.883. The minimum Gasteiger partial charge on any atom is -0.378 e. The van der Waals surface area contributed by atoms with Gasteiger partial charge < -0.3 is 5.32 Å². The SMILES string of the molecule is CC(Nc1ccc(C#N)cc1Br)c1ccc(I)cc1. The number of rotatable bonds is 3. The predicted molar refractivity (Wildman–Crippen MR) is 90.1 cm³/mol. The highest BCUT2D eigenvalue weighted by Crippen LogP contribution is 2.27. The number of halogens is 2. The van der Waals surface area contributed by atoms with Gasteiger partial charge in [0, 0.05) is 19.8 Å². The maximum Gasteiger partial charge on any atom is 0.0992 e. The first-order valence-corrected chi connectivity index (χ1v) is 7.69. The van der Waals surface area contributed by atoms with Crippen LogP contribution in [0.1, 0.15) is 24.1 Å². The highest BCUT2D eigenvalue weighted by atomic mass is 127. The smallest absolute Gasteiger partial charge is 0.0992 e. The number of nitrogens with one attached hydrogen (secondary N) is 1. The van der Waals surface area contributed by atoms with Crippen molar-refractivity contribution in [2.45, 2.75) is 13.0 Å². The van der Waals surface area contributed by atoms with Crippen molar-refractivity contribution in [2.24, 2.45) is 0 Å². The van der Waals surface area contributed by atoms with Crippen LogP contribution >= 0.6 is 38.5 Å². The standard InChI is InChI=1S/C15H12BrIN2/c1-10(12-3-5-13(17)6-4-12)19-15-7-2-11(9-18)8-14(15)16/h2-8,10,19H,1H3. The van der Waals surface area contributed by atoms with E-state index in [1.807, 2.05) is 18.2 Å². The van der Waals surface area contributed by atoms with Gasteiger partial charge in [0.1, 0.15) is 0 Å². The molecule has 1 unspecified atom stereocenters. The van der Waals surface area contributed by atoms with Gasteiger partial charge in [-0.2, -0.15) is 5.26 Å². The molecule has 2 rings (SSSR count). The lowest BCUT2D eigenvalue weighted by Crippen LogP contribution is -2.07. The lowest BCUT2D eigenvalue weighted by Gasteiger charge is -2.17. The van der Waals surface area contributed by atoms with Gasteiger partial charge in [-0.1, -0.05) is 12.1 Å². The van der Waals surface area contributed by atoms with Gasteiger partial charge in [0.05, 0.1) is 11.6 Å². The second-order valence-electron chi connectivity index (χ2n) is 4.22. The summed E-state index contributed by atoms with van der Waals surface area (Å²) >= 11 is 5.78. The molecule has 0 aliphatic carbocycles. The summed E-state index contributed by atoms with van der Waals surface area (Å²) in [6.45, 7) is 2.12. The zero-order valence-electron chi connectivity index (χ0n) is 10.3. The Morgan fingerprint density at radius 1 is 1.21 bits per heavy atom. The Hall–Kier alpha value is -1.06. The third-order valence-corrected chi connectivity index (χ3v) is 4.22. The van der Waals surface area contributed by atoms with E-state index in [2.05, 4.69) is 81.1 Å². The summed E-state index contributed by atoms with van der Waals surface area (Å²) in [4.78, 5) is 0. The maximum atomic E-state index is 8.85. The van der Waals surface area contributed by atoms with E-state index in [0.29, 0.717) is 5.56 Å². The van der Waals surface area contributed by atoms with E-state index < -0.39 is 0 Å². The summed E-state index contributed by atoms with van der Waals surface area (Å²) in [5.41, 5.74) is 2.88. The molecule has 0 bridgehead atoms. The monoisotopic (exact) mass is 426 g/mol. The zero-order chi connectivity index (χ0) is 13.8. The van der Waals surface area contributed by atoms with E-state index in [9.17, 15) is 0 Å². The van der Waals surface area contributed by atoms with Crippen LogP contribution in [0.15, 0.2) is 46.9 Å². The number of nitrogens with zero attached hydrogens (tertiary/aromatic N) is 1. The molecule has 0 saturated carbocycles. The molecule has 0 aromatic heterocycles. The highest BCUT2D eigenvalue weighted by molar-refractivity contribution is 14.1. The molecule has 1 atom stereocenters. The molecule has 0 aliphatic heterocycles. The molecular weight excluding hydrogens is 415 g/mol. The zero-order valence-corrected chi connectivity index (χ0v) is 14.1. The van der Waals surface area contributed by atoms with Crippen LogP contribution in [-0.4, -0.2) is 0 Å². The fraction of sp³-hybridized carbons (Fsp3) is 0.133. The first-order valence-electron chi connectivity index (χ1n) is 5.82. The first-order chi connectivity index (χ1) is 9.10. The van der Waals surface area contributed by atoms with Gasteiger partial charge in [-0.15, -0.1) is 0 Å². The summed E-state index contributed by atoms with van der Waals surface area (Å²) < 4.78 is 2.14. The van der Waals surface area contributed by atoms with Crippen LogP contribution in [0.3, 0.4) is 0 Å². The fourth-order valence-electron chi connectivity index (χ4n) is 1.77. The van der Waals surface area contributed by atoms with Crippen molar-refractivity contribution < 1.29 is 0 Å². The molecule has 19 heavy (non-hydrogen) atoms. The van der Waals surface area contributed by atoms with Crippen LogP contribution in [0.25, 0.3) is 0 Å². The average molecular weight is 427 g/mol. The Morgan fingerprint density at radius 2 is 1.89 bits per heavy atom. The molecule has 0 heterocycles. The summed E-state index contributed by atoms with van der Waals surface area (Å²) in [5.74, 6) is 0. The Balaban J connectivity index is 2.17. The minimum atomic E-state index is 0.209. The Bertz CT molecular complexity index is 617. The second kappa shape index (κ2) is 6.40. The molecule has 2 aromatic rings. The molecule has 4 heteroatoms. The topological polar surface area (TPSA) is 35.8 Å². The summed E-state index contributed by atoms with van der Waals surface area (Å²) in [7, 11) is 0. The van der Waals surface area contributed by atoms with Crippen LogP contribution in [0.5, 0.6) is 0 Å². The molecule has 0 saturated heterocycles. The lowest BCUT2D eigenvalue weighted by atomic mass is 10.1. The van der Waals surface area contributed by atoms with Gasteiger partial charge in [0.15, 0.2) is 0 Å². The number of anilines is 1. The van der Waals surface area contributed by atoms with Crippen molar-refractivity contribution in [3.8, 4) is 6.07 Å². The summed E-state index contributed by atoms with van der Waals surface area (Å²) in [6.07, 6.45) is 0. The van der Waals surface area contributed by atoms with Crippen LogP contribution in [-0.2, 0) is 0 Å². The minimum absolute atomic E-state index is 0.209. The Kier molecular flexibility index (Phi) is 4.83. The largest absolute Gasteiger partial charge is 0.378 e. The average Bonchev–Trinajstić information content (AvgIpc) is 2.41. The van der Waals surface area contributed by atoms with E-state index >= 15 is 0 Å². The number of hydrogen-bond acceptors (Lipinski definition) is 2. The van der Waals surface area contributed by atoms with E-state index in [0.717, 1.165) is 10.2 Å². The predicted octanol–water partition coefficient (Wildman–Crippen LogP) is 5.10. The highest BCUT2D eigenvalue weighted by Gasteiger charge is 2.08. The van der Waals surface area contributed by atoms with Crippen LogP contribution < -0.4 is 5.32 Å². The van der Waals surface area contributed by atoms with Gasteiger partial charge >= 0.3 is 0 Å². The van der Waals surface area contributed by atoms with E-state index in [-0.39, 0.29) is 6.04 Å². The van der Waals surface area contributed by atoms with Crippen LogP contribution in [0.2, 0.25) is 0 Å². The van der Waals surface area contributed by atoms with Crippen molar-refractivity contribution in [3.63, 3.8) is 0 Å². The Labute approximate surface area is 135 Å². The molecule has 2 nitrogen and oxygen atoms in total. The van der Waals surface area contributed by atoms with Crippen molar-refractivity contribution in [1.82, 2.24) is 0 Å². The number of benzene rings is 2. The maximum absolute atomic E-state index is 8.85.